The van der Waals surface area contributed by atoms with Crippen LogP contribution in [0.2, 0.25) is 0 Å². The van der Waals surface area contributed by atoms with Gasteiger partial charge in [-0.3, -0.25) is 52.7 Å². The first-order valence-electron chi connectivity index (χ1n) is 33.5. The third-order valence-electron chi connectivity index (χ3n) is 28.5. The van der Waals surface area contributed by atoms with Crippen molar-refractivity contribution in [3.8, 4) is 0 Å². The van der Waals surface area contributed by atoms with E-state index in [1.807, 2.05) is 0 Å². The van der Waals surface area contributed by atoms with E-state index in [1.165, 1.54) is 35.5 Å². The lowest BCUT2D eigenvalue weighted by Crippen LogP contribution is -2.53. The van der Waals surface area contributed by atoms with Crippen molar-refractivity contribution in [1.82, 2.24) is 0 Å². The topological polar surface area (TPSA) is 311 Å². The summed E-state index contributed by atoms with van der Waals surface area (Å²) in [6, 6.07) is 0. The first-order chi connectivity index (χ1) is 43.1. The Hall–Kier alpha value is -5.51. The van der Waals surface area contributed by atoms with E-state index >= 15 is 0 Å². The van der Waals surface area contributed by atoms with Gasteiger partial charge < -0.3 is 52.8 Å². The lowest BCUT2D eigenvalue weighted by Gasteiger charge is -2.52. The summed E-state index contributed by atoms with van der Waals surface area (Å²) >= 11 is 0. The van der Waals surface area contributed by atoms with E-state index in [1.54, 1.807) is 13.8 Å². The average Bonchev–Trinajstić information content (AvgIpc) is 1.53. The highest BCUT2D eigenvalue weighted by Gasteiger charge is 2.75. The zero-order valence-electron chi connectivity index (χ0n) is 53.0. The summed E-state index contributed by atoms with van der Waals surface area (Å²) in [5.74, 6) is -9.40. The van der Waals surface area contributed by atoms with E-state index in [2.05, 4.69) is 13.8 Å². The minimum atomic E-state index is -0.841. The Morgan fingerprint density at radius 1 is 0.333 bits per heavy atom. The number of ether oxygens (including phenoxy) is 9. The normalized spacial score (nSPS) is 49.8. The van der Waals surface area contributed by atoms with Gasteiger partial charge in [0.1, 0.15) is 0 Å². The molecule has 2 N–H and O–H groups in total. The van der Waals surface area contributed by atoms with Crippen molar-refractivity contribution < 1.29 is 106 Å². The van der Waals surface area contributed by atoms with E-state index < -0.39 is 109 Å². The number of carbonyl (C=O) groups is 11. The van der Waals surface area contributed by atoms with Crippen LogP contribution in [0, 0.1) is 207 Å². The molecule has 494 valence electrons. The van der Waals surface area contributed by atoms with Gasteiger partial charge in [-0.25, -0.2) is 0 Å². The number of esters is 11. The van der Waals surface area contributed by atoms with Crippen molar-refractivity contribution in [2.45, 2.75) is 98.3 Å². The van der Waals surface area contributed by atoms with Gasteiger partial charge in [-0.1, -0.05) is 27.7 Å². The zero-order chi connectivity index (χ0) is 64.1. The molecule has 12 aliphatic carbocycles. The molecule has 14 rings (SSSR count). The molecular formula is C68H90O22. The molecule has 0 spiro atoms. The van der Waals surface area contributed by atoms with Gasteiger partial charge in [-0.15, -0.1) is 0 Å². The van der Waals surface area contributed by atoms with Gasteiger partial charge in [0, 0.05) is 0 Å². The van der Waals surface area contributed by atoms with Crippen molar-refractivity contribution in [2.24, 2.45) is 207 Å². The van der Waals surface area contributed by atoms with Gasteiger partial charge in [-0.05, 0) is 213 Å². The summed E-state index contributed by atoms with van der Waals surface area (Å²) in [7, 11) is 6.87. The van der Waals surface area contributed by atoms with Crippen LogP contribution in [0.25, 0.3) is 0 Å². The maximum absolute atomic E-state index is 13.5. The largest absolute Gasteiger partial charge is 0.469 e. The Bertz CT molecular complexity index is 2960. The minimum absolute atomic E-state index is 0.0174. The standard InChI is InChI=1S/C35H46O12.C33H44O10/c1-12-14-6-16(18(7-14)31(38)43-3)22(12)24-15-8-17(19(9-15)32(39)46-11-36)25(24)27-21-10-20(26(27)23-13(2)30(37)47-35(23)42)28(33(40)44-4)29(21)34(41)45-5;1-12-14-5-17(20(6-14)30(36)40-3)23(12)25-15-7-19(22(10-15)32(38)42-11-34)28(25)26-16-8-18(21(9-16)31(37)41-4)27(26)24-13(2)29(35)43-33(24)39/h12-29,36H,6-11H2,1-5H3;12-28,34H,5-11H2,1-4H3. The number of carbonyl (C=O) groups excluding carboxylic acids is 11. The van der Waals surface area contributed by atoms with Crippen LogP contribution < -0.4 is 0 Å². The first kappa shape index (κ1) is 63.3. The second-order valence-corrected chi connectivity index (χ2v) is 30.5. The van der Waals surface area contributed by atoms with E-state index in [0.29, 0.717) is 55.3 Å². The second-order valence-electron chi connectivity index (χ2n) is 30.5. The quantitative estimate of drug-likeness (QED) is 0.0933. The van der Waals surface area contributed by atoms with Crippen LogP contribution in [0.1, 0.15) is 98.3 Å². The zero-order valence-corrected chi connectivity index (χ0v) is 53.0. The van der Waals surface area contributed by atoms with Gasteiger partial charge in [0.25, 0.3) is 0 Å². The Morgan fingerprint density at radius 3 is 0.944 bits per heavy atom. The molecule has 12 saturated carbocycles. The molecule has 0 aromatic rings. The summed E-state index contributed by atoms with van der Waals surface area (Å²) < 4.78 is 46.9. The molecule has 90 heavy (non-hydrogen) atoms. The van der Waals surface area contributed by atoms with Crippen LogP contribution in [0.5, 0.6) is 0 Å². The van der Waals surface area contributed by atoms with Gasteiger partial charge in [0.2, 0.25) is 0 Å². The van der Waals surface area contributed by atoms with Crippen molar-refractivity contribution in [3.05, 3.63) is 0 Å². The number of aliphatic hydroxyl groups excluding tert-OH is 2. The summed E-state index contributed by atoms with van der Waals surface area (Å²) in [6.07, 6.45) is 8.43. The third-order valence-corrected chi connectivity index (χ3v) is 28.5. The number of methoxy groups -OCH3 is 5. The van der Waals surface area contributed by atoms with Gasteiger partial charge >= 0.3 is 65.7 Å². The minimum Gasteiger partial charge on any atom is -0.469 e. The Morgan fingerprint density at radius 2 is 0.611 bits per heavy atom. The van der Waals surface area contributed by atoms with E-state index in [4.69, 9.17) is 42.6 Å². The van der Waals surface area contributed by atoms with E-state index in [0.717, 1.165) is 44.9 Å². The molecule has 22 heteroatoms. The van der Waals surface area contributed by atoms with Crippen LogP contribution in [-0.4, -0.2) is 125 Å². The highest BCUT2D eigenvalue weighted by molar-refractivity contribution is 5.97. The van der Waals surface area contributed by atoms with Gasteiger partial charge in [0.15, 0.2) is 13.6 Å². The maximum Gasteiger partial charge on any atom is 0.317 e. The third kappa shape index (κ3) is 9.32. The van der Waals surface area contributed by atoms with Crippen molar-refractivity contribution in [3.63, 3.8) is 0 Å². The number of fused-ring (bicyclic) bond motifs is 12. The van der Waals surface area contributed by atoms with Gasteiger partial charge in [0.05, 0.1) is 101 Å². The number of hydrogen-bond acceptors (Lipinski definition) is 22. The molecule has 14 aliphatic rings. The molecule has 0 aromatic carbocycles. The summed E-state index contributed by atoms with van der Waals surface area (Å²) in [5.41, 5.74) is 0. The Balaban J connectivity index is 0.000000166. The molecule has 2 heterocycles. The fraction of sp³-hybridized carbons (Fsp3) is 0.838. The molecule has 12 bridgehead atoms. The molecule has 2 saturated heterocycles. The molecule has 0 radical (unpaired) electrons. The fourth-order valence-corrected chi connectivity index (χ4v) is 26.1. The van der Waals surface area contributed by atoms with Crippen molar-refractivity contribution >= 4 is 65.7 Å². The van der Waals surface area contributed by atoms with Crippen LogP contribution >= 0.6 is 0 Å². The molecule has 0 amide bonds. The SMILES string of the molecule is COC(=O)C1CC2CC1C(C1C3CC(C(=O)OCO)C(C3)C1C1C3CC(C(=O)OC)C(C3)C1C1C(=O)OC(=O)C1C)C2C.COC(=O)C1CC2CC1C(C1C3CC(C(=O)OCO)C(C3)C1C1C3CC(C(C(=O)OC)C3C(=O)OC)C1C1C(=O)OC(=O)C1C)C2C. The van der Waals surface area contributed by atoms with E-state index in [9.17, 15) is 63.0 Å². The Kier molecular flexibility index (Phi) is 16.7. The van der Waals surface area contributed by atoms with Crippen LogP contribution in [-0.2, 0) is 95.4 Å². The van der Waals surface area contributed by atoms with Crippen molar-refractivity contribution in [1.29, 1.82) is 0 Å². The lowest BCUT2D eigenvalue weighted by atomic mass is 9.51. The Labute approximate surface area is 524 Å². The van der Waals surface area contributed by atoms with Crippen LogP contribution in [0.15, 0.2) is 0 Å². The fourth-order valence-electron chi connectivity index (χ4n) is 26.1. The lowest BCUT2D eigenvalue weighted by molar-refractivity contribution is -0.171. The number of rotatable bonds is 15. The predicted molar refractivity (Wildman–Crippen MR) is 304 cm³/mol. The summed E-state index contributed by atoms with van der Waals surface area (Å²) in [5, 5.41) is 18.9. The average molecular weight is 1260 g/mol. The summed E-state index contributed by atoms with van der Waals surface area (Å²) in [4.78, 5) is 145. The summed E-state index contributed by atoms with van der Waals surface area (Å²) in [6.45, 7) is 6.65. The highest BCUT2D eigenvalue weighted by Crippen LogP contribution is 2.76. The molecule has 22 nitrogen and oxygen atoms in total. The van der Waals surface area contributed by atoms with Crippen molar-refractivity contribution in [2.75, 3.05) is 49.1 Å². The predicted octanol–water partition coefficient (Wildman–Crippen LogP) is 5.09. The van der Waals surface area contributed by atoms with Crippen LogP contribution in [0.4, 0.5) is 0 Å². The van der Waals surface area contributed by atoms with Gasteiger partial charge in [-0.2, -0.15) is 0 Å². The number of cyclic esters (lactones) is 4. The maximum atomic E-state index is 13.5. The molecule has 2 aliphatic heterocycles. The molecule has 35 atom stereocenters. The first-order valence-corrected chi connectivity index (χ1v) is 33.5. The monoisotopic (exact) mass is 1260 g/mol. The molecular weight excluding hydrogens is 1170 g/mol. The number of hydrogen-bond donors (Lipinski definition) is 2. The van der Waals surface area contributed by atoms with E-state index in [-0.39, 0.29) is 148 Å². The smallest absolute Gasteiger partial charge is 0.317 e. The molecule has 35 unspecified atom stereocenters. The highest BCUT2D eigenvalue weighted by atomic mass is 16.6. The second kappa shape index (κ2) is 23.8. The van der Waals surface area contributed by atoms with Crippen LogP contribution in [0.3, 0.4) is 0 Å². The molecule has 0 aromatic heterocycles. The number of aliphatic hydroxyl groups is 2. The molecule has 14 fully saturated rings.